The number of hydrogen-bond donors (Lipinski definition) is 3. The Hall–Kier alpha value is -2.77. The number of aromatic amines is 1. The van der Waals surface area contributed by atoms with Crippen LogP contribution in [-0.4, -0.2) is 32.3 Å². The lowest BCUT2D eigenvalue weighted by Gasteiger charge is -2.03. The van der Waals surface area contributed by atoms with E-state index in [0.717, 1.165) is 18.2 Å². The highest BCUT2D eigenvalue weighted by atomic mass is 19.2. The molecule has 0 spiro atoms. The smallest absolute Gasteiger partial charge is 0.353 e. The molecular weight excluding hydrogens is 262 g/mol. The van der Waals surface area contributed by atoms with Crippen molar-refractivity contribution in [3.63, 3.8) is 0 Å². The summed E-state index contributed by atoms with van der Waals surface area (Å²) in [6, 6.07) is 2.91. The molecule has 2 rings (SSSR count). The van der Waals surface area contributed by atoms with Crippen LogP contribution in [0.25, 0.3) is 11.3 Å². The number of rotatable bonds is 3. The second-order valence-corrected chi connectivity index (χ2v) is 3.57. The molecule has 98 valence electrons. The van der Waals surface area contributed by atoms with Crippen LogP contribution in [0.2, 0.25) is 0 Å². The molecule has 0 fully saturated rings. The third-order valence-electron chi connectivity index (χ3n) is 2.40. The van der Waals surface area contributed by atoms with E-state index in [2.05, 4.69) is 10.2 Å². The van der Waals surface area contributed by atoms with Gasteiger partial charge in [0.15, 0.2) is 11.6 Å². The summed E-state index contributed by atoms with van der Waals surface area (Å²) in [5, 5.41) is 22.9. The fourth-order valence-electron chi connectivity index (χ4n) is 1.48. The van der Waals surface area contributed by atoms with Gasteiger partial charge in [-0.05, 0) is 18.2 Å². The number of carbonyl (C=O) groups is 2. The number of carboxylic acid groups (broad SMARTS) is 2. The average molecular weight is 268 g/mol. The number of benzene rings is 1. The van der Waals surface area contributed by atoms with Gasteiger partial charge in [0.2, 0.25) is 0 Å². The molecule has 0 amide bonds. The molecule has 0 radical (unpaired) electrons. The van der Waals surface area contributed by atoms with Gasteiger partial charge < -0.3 is 10.2 Å². The van der Waals surface area contributed by atoms with E-state index in [-0.39, 0.29) is 17.0 Å². The van der Waals surface area contributed by atoms with Crippen LogP contribution < -0.4 is 0 Å². The quantitative estimate of drug-likeness (QED) is 0.786. The summed E-state index contributed by atoms with van der Waals surface area (Å²) in [5.74, 6) is -5.83. The highest BCUT2D eigenvalue weighted by molar-refractivity contribution is 5.89. The molecule has 6 nitrogen and oxygen atoms in total. The van der Waals surface area contributed by atoms with Crippen LogP contribution in [0.3, 0.4) is 0 Å². The van der Waals surface area contributed by atoms with Crippen molar-refractivity contribution in [2.45, 2.75) is 0 Å². The van der Waals surface area contributed by atoms with Crippen molar-refractivity contribution >= 4 is 11.9 Å². The topological polar surface area (TPSA) is 103 Å². The maximum absolute atomic E-state index is 13.7. The number of nitrogens with one attached hydrogen (secondary N) is 1. The third-order valence-corrected chi connectivity index (χ3v) is 2.40. The number of hydrogen-bond acceptors (Lipinski definition) is 3. The molecule has 1 aromatic heterocycles. The molecule has 0 saturated heterocycles. The predicted molar refractivity (Wildman–Crippen MR) is 57.9 cm³/mol. The molecular formula is C11H6F2N2O4. The molecule has 0 unspecified atom stereocenters. The van der Waals surface area contributed by atoms with Gasteiger partial charge in [-0.2, -0.15) is 5.10 Å². The van der Waals surface area contributed by atoms with Crippen molar-refractivity contribution in [3.8, 4) is 11.3 Å². The largest absolute Gasteiger partial charge is 0.478 e. The van der Waals surface area contributed by atoms with E-state index >= 15 is 0 Å². The highest BCUT2D eigenvalue weighted by Gasteiger charge is 2.20. The standard InChI is InChI=1S/C11H6F2N2O4/c12-8-4(1-2-5(9(8)13)10(16)17)6-3-7(11(18)19)15-14-6/h1-3H,(H,14,15)(H,16,17)(H,18,19). The molecule has 1 aromatic carbocycles. The zero-order chi connectivity index (χ0) is 14.2. The van der Waals surface area contributed by atoms with Crippen LogP contribution in [0.1, 0.15) is 20.8 Å². The van der Waals surface area contributed by atoms with Crippen LogP contribution in [0, 0.1) is 11.6 Å². The van der Waals surface area contributed by atoms with E-state index in [0.29, 0.717) is 0 Å². The molecule has 0 saturated carbocycles. The molecule has 2 aromatic rings. The number of carboxylic acids is 2. The number of nitrogens with zero attached hydrogens (tertiary/aromatic N) is 1. The Morgan fingerprint density at radius 1 is 1.11 bits per heavy atom. The maximum atomic E-state index is 13.7. The van der Waals surface area contributed by atoms with Gasteiger partial charge in [-0.25, -0.2) is 18.4 Å². The monoisotopic (exact) mass is 268 g/mol. The van der Waals surface area contributed by atoms with E-state index in [9.17, 15) is 18.4 Å². The normalized spacial score (nSPS) is 10.4. The van der Waals surface area contributed by atoms with Gasteiger partial charge in [0.25, 0.3) is 0 Å². The first-order valence-corrected chi connectivity index (χ1v) is 4.92. The SMILES string of the molecule is O=C(O)c1cc(-c2ccc(C(=O)O)c(F)c2F)n[nH]1. The van der Waals surface area contributed by atoms with E-state index < -0.39 is 29.1 Å². The summed E-state index contributed by atoms with van der Waals surface area (Å²) in [5.41, 5.74) is -1.57. The number of halogens is 2. The zero-order valence-corrected chi connectivity index (χ0v) is 9.15. The summed E-state index contributed by atoms with van der Waals surface area (Å²) in [4.78, 5) is 21.2. The van der Waals surface area contributed by atoms with Crippen molar-refractivity contribution in [1.82, 2.24) is 10.2 Å². The number of aromatic carboxylic acids is 2. The first-order valence-electron chi connectivity index (χ1n) is 4.92. The lowest BCUT2D eigenvalue weighted by atomic mass is 10.1. The van der Waals surface area contributed by atoms with Gasteiger partial charge in [-0.15, -0.1) is 0 Å². The molecule has 3 N–H and O–H groups in total. The van der Waals surface area contributed by atoms with Gasteiger partial charge in [-0.3, -0.25) is 5.10 Å². The average Bonchev–Trinajstić information content (AvgIpc) is 2.81. The lowest BCUT2D eigenvalue weighted by Crippen LogP contribution is -2.03. The maximum Gasteiger partial charge on any atom is 0.353 e. The van der Waals surface area contributed by atoms with Crippen LogP contribution in [0.15, 0.2) is 18.2 Å². The molecule has 0 atom stereocenters. The second kappa shape index (κ2) is 4.48. The van der Waals surface area contributed by atoms with Gasteiger partial charge in [0.05, 0.1) is 11.3 Å². The van der Waals surface area contributed by atoms with E-state index in [1.807, 2.05) is 0 Å². The summed E-state index contributed by atoms with van der Waals surface area (Å²) >= 11 is 0. The van der Waals surface area contributed by atoms with E-state index in [1.165, 1.54) is 0 Å². The molecule has 0 aliphatic carbocycles. The fraction of sp³-hybridized carbons (Fsp3) is 0. The predicted octanol–water partition coefficient (Wildman–Crippen LogP) is 1.75. The Labute approximate surface area is 104 Å². The Morgan fingerprint density at radius 3 is 2.32 bits per heavy atom. The second-order valence-electron chi connectivity index (χ2n) is 3.57. The van der Waals surface area contributed by atoms with Crippen LogP contribution in [-0.2, 0) is 0 Å². The summed E-state index contributed by atoms with van der Waals surface area (Å²) < 4.78 is 27.1. The van der Waals surface area contributed by atoms with E-state index in [4.69, 9.17) is 10.2 Å². The third kappa shape index (κ3) is 2.15. The van der Waals surface area contributed by atoms with Gasteiger partial charge >= 0.3 is 11.9 Å². The van der Waals surface area contributed by atoms with Crippen molar-refractivity contribution in [2.24, 2.45) is 0 Å². The Kier molecular flexibility index (Phi) is 2.99. The van der Waals surface area contributed by atoms with Crippen LogP contribution in [0.5, 0.6) is 0 Å². The molecule has 19 heavy (non-hydrogen) atoms. The Bertz CT molecular complexity index is 681. The van der Waals surface area contributed by atoms with Gasteiger partial charge in [-0.1, -0.05) is 0 Å². The minimum Gasteiger partial charge on any atom is -0.478 e. The van der Waals surface area contributed by atoms with E-state index in [1.54, 1.807) is 0 Å². The minimum atomic E-state index is -1.60. The minimum absolute atomic E-state index is 0.134. The Morgan fingerprint density at radius 2 is 1.79 bits per heavy atom. The van der Waals surface area contributed by atoms with Crippen molar-refractivity contribution in [2.75, 3.05) is 0 Å². The van der Waals surface area contributed by atoms with Gasteiger partial charge in [0, 0.05) is 5.56 Å². The highest BCUT2D eigenvalue weighted by Crippen LogP contribution is 2.25. The number of H-pyrrole nitrogens is 1. The number of aromatic nitrogens is 2. The lowest BCUT2D eigenvalue weighted by molar-refractivity contribution is 0.0679. The fourth-order valence-corrected chi connectivity index (χ4v) is 1.48. The molecule has 0 aliphatic rings. The molecule has 8 heteroatoms. The molecule has 0 bridgehead atoms. The van der Waals surface area contributed by atoms with Crippen molar-refractivity contribution in [3.05, 3.63) is 41.1 Å². The van der Waals surface area contributed by atoms with Crippen LogP contribution in [0.4, 0.5) is 8.78 Å². The van der Waals surface area contributed by atoms with Gasteiger partial charge in [0.1, 0.15) is 5.69 Å². The summed E-state index contributed by atoms with van der Waals surface area (Å²) in [7, 11) is 0. The first kappa shape index (κ1) is 12.7. The van der Waals surface area contributed by atoms with Crippen molar-refractivity contribution < 1.29 is 28.6 Å². The summed E-state index contributed by atoms with van der Waals surface area (Å²) in [6.45, 7) is 0. The van der Waals surface area contributed by atoms with Crippen molar-refractivity contribution in [1.29, 1.82) is 0 Å². The molecule has 1 heterocycles. The molecule has 0 aliphatic heterocycles. The Balaban J connectivity index is 2.54. The zero-order valence-electron chi connectivity index (χ0n) is 9.15. The van der Waals surface area contributed by atoms with Crippen LogP contribution >= 0.6 is 0 Å². The summed E-state index contributed by atoms with van der Waals surface area (Å²) in [6.07, 6.45) is 0. The first-order chi connectivity index (χ1) is 8.91.